The normalized spacial score (nSPS) is 11.2. The summed E-state index contributed by atoms with van der Waals surface area (Å²) in [6.07, 6.45) is 3.06. The van der Waals surface area contributed by atoms with Crippen LogP contribution in [0.5, 0.6) is 0 Å². The van der Waals surface area contributed by atoms with Crippen molar-refractivity contribution in [2.45, 2.75) is 6.92 Å². The first-order chi connectivity index (χ1) is 17.5. The Morgan fingerprint density at radius 2 is 1.61 bits per heavy atom. The molecular weight excluding hydrogens is 511 g/mol. The average Bonchev–Trinajstić information content (AvgIpc) is 3.51. The van der Waals surface area contributed by atoms with Crippen LogP contribution in [-0.4, -0.2) is 20.5 Å². The summed E-state index contributed by atoms with van der Waals surface area (Å²) in [5.41, 5.74) is 5.13. The molecule has 0 radical (unpaired) electrons. The van der Waals surface area contributed by atoms with Gasteiger partial charge >= 0.3 is 0 Å². The summed E-state index contributed by atoms with van der Waals surface area (Å²) >= 11 is 13.3. The van der Waals surface area contributed by atoms with Gasteiger partial charge in [-0.25, -0.2) is 9.67 Å². The molecule has 2 heterocycles. The number of nitrogens with one attached hydrogen (secondary N) is 1. The van der Waals surface area contributed by atoms with E-state index < -0.39 is 0 Å². The SMILES string of the molecule is Cc1nc(-n2nc(-c3ccccc3)cc2-c2ccccc2)sc1C(=O)/C=C/Nc1ccc(Cl)c(Cl)c1. The summed E-state index contributed by atoms with van der Waals surface area (Å²) < 4.78 is 1.81. The smallest absolute Gasteiger partial charge is 0.211 e. The van der Waals surface area contributed by atoms with Gasteiger partial charge < -0.3 is 5.32 Å². The molecule has 0 aliphatic heterocycles. The Balaban J connectivity index is 1.45. The van der Waals surface area contributed by atoms with Gasteiger partial charge in [-0.1, -0.05) is 95.2 Å². The first-order valence-electron chi connectivity index (χ1n) is 11.1. The lowest BCUT2D eigenvalue weighted by atomic mass is 10.1. The Kier molecular flexibility index (Phi) is 7.00. The minimum absolute atomic E-state index is 0.152. The number of thiazole rings is 1. The molecule has 0 fully saturated rings. The summed E-state index contributed by atoms with van der Waals surface area (Å²) in [5.74, 6) is -0.152. The predicted octanol–water partition coefficient (Wildman–Crippen LogP) is 8.09. The van der Waals surface area contributed by atoms with Crippen LogP contribution in [0.15, 0.2) is 97.2 Å². The highest BCUT2D eigenvalue weighted by molar-refractivity contribution is 7.16. The van der Waals surface area contributed by atoms with Crippen LogP contribution in [0.3, 0.4) is 0 Å². The second-order valence-electron chi connectivity index (χ2n) is 7.94. The first-order valence-corrected chi connectivity index (χ1v) is 12.7. The number of hydrogen-bond acceptors (Lipinski definition) is 5. The Morgan fingerprint density at radius 1 is 0.917 bits per heavy atom. The Labute approximate surface area is 222 Å². The van der Waals surface area contributed by atoms with E-state index in [0.29, 0.717) is 25.7 Å². The number of carbonyl (C=O) groups is 1. The molecule has 5 nitrogen and oxygen atoms in total. The van der Waals surface area contributed by atoms with Gasteiger partial charge in [0.2, 0.25) is 5.13 Å². The highest BCUT2D eigenvalue weighted by Crippen LogP contribution is 2.31. The number of anilines is 1. The van der Waals surface area contributed by atoms with Crippen LogP contribution < -0.4 is 5.32 Å². The number of allylic oxidation sites excluding steroid dienone is 1. The van der Waals surface area contributed by atoms with Crippen molar-refractivity contribution in [3.63, 3.8) is 0 Å². The number of benzene rings is 3. The van der Waals surface area contributed by atoms with Crippen LogP contribution in [0.2, 0.25) is 10.0 Å². The van der Waals surface area contributed by atoms with Gasteiger partial charge in [0.15, 0.2) is 5.78 Å². The maximum absolute atomic E-state index is 13.0. The first kappa shape index (κ1) is 24.0. The zero-order valence-electron chi connectivity index (χ0n) is 19.2. The minimum atomic E-state index is -0.152. The van der Waals surface area contributed by atoms with Gasteiger partial charge in [0.1, 0.15) is 0 Å². The van der Waals surface area contributed by atoms with Gasteiger partial charge in [-0.05, 0) is 31.2 Å². The lowest BCUT2D eigenvalue weighted by molar-refractivity contribution is 0.104. The van der Waals surface area contributed by atoms with E-state index in [-0.39, 0.29) is 5.78 Å². The quantitative estimate of drug-likeness (QED) is 0.170. The van der Waals surface area contributed by atoms with Crippen molar-refractivity contribution in [3.05, 3.63) is 118 Å². The predicted molar refractivity (Wildman–Crippen MR) is 148 cm³/mol. The van der Waals surface area contributed by atoms with E-state index in [1.807, 2.05) is 78.3 Å². The number of aryl methyl sites for hydroxylation is 1. The number of rotatable bonds is 7. The van der Waals surface area contributed by atoms with E-state index >= 15 is 0 Å². The molecule has 3 aromatic carbocycles. The third-order valence-corrected chi connectivity index (χ3v) is 7.33. The molecule has 36 heavy (non-hydrogen) atoms. The Morgan fingerprint density at radius 3 is 2.31 bits per heavy atom. The summed E-state index contributed by atoms with van der Waals surface area (Å²) in [4.78, 5) is 18.2. The minimum Gasteiger partial charge on any atom is -0.362 e. The zero-order valence-corrected chi connectivity index (χ0v) is 21.5. The molecule has 0 aliphatic carbocycles. The zero-order chi connectivity index (χ0) is 25.1. The van der Waals surface area contributed by atoms with Crippen molar-refractivity contribution in [1.82, 2.24) is 14.8 Å². The molecule has 2 aromatic heterocycles. The highest BCUT2D eigenvalue weighted by atomic mass is 35.5. The molecule has 0 atom stereocenters. The number of hydrogen-bond donors (Lipinski definition) is 1. The van der Waals surface area contributed by atoms with Gasteiger partial charge in [-0.3, -0.25) is 4.79 Å². The summed E-state index contributed by atoms with van der Waals surface area (Å²) in [6.45, 7) is 1.83. The molecule has 5 aromatic rings. The van der Waals surface area contributed by atoms with Crippen molar-refractivity contribution in [2.75, 3.05) is 5.32 Å². The fourth-order valence-corrected chi connectivity index (χ4v) is 4.92. The topological polar surface area (TPSA) is 59.8 Å². The van der Waals surface area contributed by atoms with Crippen LogP contribution in [0.25, 0.3) is 27.6 Å². The molecule has 0 saturated carbocycles. The van der Waals surface area contributed by atoms with Crippen LogP contribution in [0.1, 0.15) is 15.4 Å². The average molecular weight is 531 g/mol. The number of nitrogens with zero attached hydrogens (tertiary/aromatic N) is 3. The van der Waals surface area contributed by atoms with Crippen molar-refractivity contribution >= 4 is 46.0 Å². The lowest BCUT2D eigenvalue weighted by Crippen LogP contribution is -1.98. The Hall–Kier alpha value is -3.71. The molecule has 1 N–H and O–H groups in total. The molecular formula is C28H20Cl2N4OS. The molecule has 0 unspecified atom stereocenters. The van der Waals surface area contributed by atoms with Crippen molar-refractivity contribution in [1.29, 1.82) is 0 Å². The number of halogens is 2. The molecule has 5 rings (SSSR count). The lowest BCUT2D eigenvalue weighted by Gasteiger charge is -2.03. The number of carbonyl (C=O) groups excluding carboxylic acids is 1. The van der Waals surface area contributed by atoms with Crippen molar-refractivity contribution in [2.24, 2.45) is 0 Å². The van der Waals surface area contributed by atoms with E-state index in [4.69, 9.17) is 33.3 Å². The second-order valence-corrected chi connectivity index (χ2v) is 9.73. The van der Waals surface area contributed by atoms with Gasteiger partial charge in [-0.2, -0.15) is 5.10 Å². The van der Waals surface area contributed by atoms with Crippen LogP contribution in [-0.2, 0) is 0 Å². The molecule has 0 bridgehead atoms. The van der Waals surface area contributed by atoms with Crippen molar-refractivity contribution in [3.8, 4) is 27.6 Å². The molecule has 8 heteroatoms. The fourth-order valence-electron chi connectivity index (χ4n) is 3.67. The fraction of sp³-hybridized carbons (Fsp3) is 0.0357. The molecule has 0 amide bonds. The number of ketones is 1. The van der Waals surface area contributed by atoms with E-state index in [0.717, 1.165) is 28.2 Å². The largest absolute Gasteiger partial charge is 0.362 e. The van der Waals surface area contributed by atoms with Gasteiger partial charge in [0.25, 0.3) is 0 Å². The van der Waals surface area contributed by atoms with E-state index in [1.54, 1.807) is 24.4 Å². The van der Waals surface area contributed by atoms with Crippen LogP contribution >= 0.6 is 34.5 Å². The Bertz CT molecular complexity index is 1560. The van der Waals surface area contributed by atoms with E-state index in [9.17, 15) is 4.79 Å². The second kappa shape index (κ2) is 10.5. The summed E-state index contributed by atoms with van der Waals surface area (Å²) in [6, 6.07) is 27.2. The maximum atomic E-state index is 13.0. The van der Waals surface area contributed by atoms with Crippen molar-refractivity contribution < 1.29 is 4.79 Å². The molecule has 178 valence electrons. The van der Waals surface area contributed by atoms with Gasteiger partial charge in [0.05, 0.1) is 32.0 Å². The molecule has 0 spiro atoms. The summed E-state index contributed by atoms with van der Waals surface area (Å²) in [5, 5.41) is 9.44. The number of aromatic nitrogens is 3. The molecule has 0 aliphatic rings. The van der Waals surface area contributed by atoms with E-state index in [2.05, 4.69) is 5.32 Å². The third-order valence-electron chi connectivity index (χ3n) is 5.44. The van der Waals surface area contributed by atoms with Crippen LogP contribution in [0, 0.1) is 6.92 Å². The van der Waals surface area contributed by atoms with Gasteiger partial charge in [-0.15, -0.1) is 0 Å². The standard InChI is InChI=1S/C28H20Cl2N4OS/c1-18-27(26(35)14-15-31-21-12-13-22(29)23(30)16-21)36-28(32-18)34-25(20-10-6-3-7-11-20)17-24(33-34)19-8-4-2-5-9-19/h2-17,31H,1H3/b15-14+. The van der Waals surface area contributed by atoms with Crippen LogP contribution in [0.4, 0.5) is 5.69 Å². The van der Waals surface area contributed by atoms with E-state index in [1.165, 1.54) is 17.4 Å². The third kappa shape index (κ3) is 5.11. The van der Waals surface area contributed by atoms with Gasteiger partial charge in [0, 0.05) is 29.1 Å². The molecule has 0 saturated heterocycles. The maximum Gasteiger partial charge on any atom is 0.211 e. The summed E-state index contributed by atoms with van der Waals surface area (Å²) in [7, 11) is 0. The monoisotopic (exact) mass is 530 g/mol. The highest BCUT2D eigenvalue weighted by Gasteiger charge is 2.19.